The van der Waals surface area contributed by atoms with Crippen molar-refractivity contribution in [3.05, 3.63) is 81.8 Å². The molecule has 0 amide bonds. The number of rotatable bonds is 5. The summed E-state index contributed by atoms with van der Waals surface area (Å²) in [6.07, 6.45) is 1.99. The number of fused-ring (bicyclic) bond motifs is 1. The number of hydrogen-bond donors (Lipinski definition) is 1. The molecule has 4 aromatic rings. The van der Waals surface area contributed by atoms with E-state index in [1.54, 1.807) is 0 Å². The van der Waals surface area contributed by atoms with E-state index in [4.69, 9.17) is 5.10 Å². The number of aryl methyl sites for hydroxylation is 1. The van der Waals surface area contributed by atoms with Gasteiger partial charge in [-0.2, -0.15) is 5.10 Å². The molecule has 0 aliphatic heterocycles. The van der Waals surface area contributed by atoms with Gasteiger partial charge >= 0.3 is 0 Å². The second-order valence-electron chi connectivity index (χ2n) is 6.71. The quantitative estimate of drug-likeness (QED) is 0.505. The molecule has 0 aliphatic carbocycles. The molecular formula is C22H23N3S. The molecule has 0 aliphatic rings. The van der Waals surface area contributed by atoms with Gasteiger partial charge in [0.1, 0.15) is 0 Å². The first-order valence-electron chi connectivity index (χ1n) is 8.95. The molecule has 0 fully saturated rings. The van der Waals surface area contributed by atoms with E-state index >= 15 is 0 Å². The number of hydrogen-bond acceptors (Lipinski definition) is 3. The van der Waals surface area contributed by atoms with E-state index in [1.807, 2.05) is 17.5 Å². The van der Waals surface area contributed by atoms with Gasteiger partial charge in [-0.1, -0.05) is 36.4 Å². The van der Waals surface area contributed by atoms with Crippen LogP contribution in [-0.4, -0.2) is 9.78 Å². The standard InChI is InChI=1S/C22H23N3S/c1-15-11-12-19(26-15)13-23-16(2)21-14-24-25(17(21)3)22-10-6-8-18-7-4-5-9-20(18)22/h4-12,14,16,23H,13H2,1-3H3/t16-/m0/s1. The average Bonchev–Trinajstić information content (AvgIpc) is 3.25. The Morgan fingerprint density at radius 1 is 1.04 bits per heavy atom. The molecule has 0 bridgehead atoms. The van der Waals surface area contributed by atoms with Crippen LogP contribution in [0.3, 0.4) is 0 Å². The molecule has 2 aromatic carbocycles. The Morgan fingerprint density at radius 2 is 1.85 bits per heavy atom. The largest absolute Gasteiger partial charge is 0.305 e. The molecule has 0 saturated carbocycles. The Hall–Kier alpha value is -2.43. The lowest BCUT2D eigenvalue weighted by molar-refractivity contribution is 0.576. The minimum Gasteiger partial charge on any atom is -0.305 e. The summed E-state index contributed by atoms with van der Waals surface area (Å²) in [5, 5.41) is 10.8. The highest BCUT2D eigenvalue weighted by molar-refractivity contribution is 7.11. The SMILES string of the molecule is Cc1ccc(CN[C@@H](C)c2cnn(-c3cccc4ccccc34)c2C)s1. The molecule has 1 atom stereocenters. The zero-order valence-corrected chi connectivity index (χ0v) is 16.2. The fourth-order valence-corrected chi connectivity index (χ4v) is 4.27. The summed E-state index contributed by atoms with van der Waals surface area (Å²) in [7, 11) is 0. The number of benzene rings is 2. The van der Waals surface area contributed by atoms with Crippen molar-refractivity contribution in [1.82, 2.24) is 15.1 Å². The fraction of sp³-hybridized carbons (Fsp3) is 0.227. The van der Waals surface area contributed by atoms with Crippen molar-refractivity contribution in [2.24, 2.45) is 0 Å². The van der Waals surface area contributed by atoms with Gasteiger partial charge in [0.15, 0.2) is 0 Å². The monoisotopic (exact) mass is 361 g/mol. The molecule has 3 nitrogen and oxygen atoms in total. The number of thiophene rings is 1. The molecule has 0 radical (unpaired) electrons. The van der Waals surface area contributed by atoms with Crippen LogP contribution < -0.4 is 5.32 Å². The third-order valence-electron chi connectivity index (χ3n) is 4.89. The van der Waals surface area contributed by atoms with Crippen LogP contribution >= 0.6 is 11.3 Å². The predicted molar refractivity (Wildman–Crippen MR) is 110 cm³/mol. The first kappa shape index (κ1) is 17.0. The molecule has 4 rings (SSSR count). The Kier molecular flexibility index (Phi) is 4.62. The van der Waals surface area contributed by atoms with Gasteiger partial charge in [0.25, 0.3) is 0 Å². The van der Waals surface area contributed by atoms with Crippen molar-refractivity contribution in [3.63, 3.8) is 0 Å². The van der Waals surface area contributed by atoms with Crippen molar-refractivity contribution in [2.45, 2.75) is 33.4 Å². The summed E-state index contributed by atoms with van der Waals surface area (Å²) < 4.78 is 2.06. The number of nitrogens with one attached hydrogen (secondary N) is 1. The lowest BCUT2D eigenvalue weighted by Crippen LogP contribution is -2.18. The van der Waals surface area contributed by atoms with Gasteiger partial charge < -0.3 is 5.32 Å². The highest BCUT2D eigenvalue weighted by Gasteiger charge is 2.15. The zero-order valence-electron chi connectivity index (χ0n) is 15.4. The van der Waals surface area contributed by atoms with Gasteiger partial charge in [-0.25, -0.2) is 4.68 Å². The van der Waals surface area contributed by atoms with Crippen LogP contribution in [-0.2, 0) is 6.54 Å². The van der Waals surface area contributed by atoms with Crippen LogP contribution in [0.5, 0.6) is 0 Å². The molecule has 0 unspecified atom stereocenters. The van der Waals surface area contributed by atoms with Crippen LogP contribution in [0.4, 0.5) is 0 Å². The average molecular weight is 362 g/mol. The van der Waals surface area contributed by atoms with E-state index in [1.165, 1.54) is 31.8 Å². The zero-order chi connectivity index (χ0) is 18.1. The van der Waals surface area contributed by atoms with E-state index < -0.39 is 0 Å². The lowest BCUT2D eigenvalue weighted by atomic mass is 10.1. The van der Waals surface area contributed by atoms with Gasteiger partial charge in [-0.15, -0.1) is 11.3 Å². The summed E-state index contributed by atoms with van der Waals surface area (Å²) in [4.78, 5) is 2.72. The number of aromatic nitrogens is 2. The van der Waals surface area contributed by atoms with E-state index in [-0.39, 0.29) is 6.04 Å². The van der Waals surface area contributed by atoms with Crippen molar-refractivity contribution in [2.75, 3.05) is 0 Å². The van der Waals surface area contributed by atoms with E-state index in [9.17, 15) is 0 Å². The Labute approximate surface area is 158 Å². The first-order valence-corrected chi connectivity index (χ1v) is 9.76. The second-order valence-corrected chi connectivity index (χ2v) is 8.08. The number of nitrogens with zero attached hydrogens (tertiary/aromatic N) is 2. The Morgan fingerprint density at radius 3 is 2.65 bits per heavy atom. The van der Waals surface area contributed by atoms with Crippen molar-refractivity contribution in [3.8, 4) is 5.69 Å². The topological polar surface area (TPSA) is 29.9 Å². The van der Waals surface area contributed by atoms with Gasteiger partial charge in [0.2, 0.25) is 0 Å². The molecule has 26 heavy (non-hydrogen) atoms. The van der Waals surface area contributed by atoms with Crippen LogP contribution in [0.15, 0.2) is 60.8 Å². The van der Waals surface area contributed by atoms with Gasteiger partial charge in [0, 0.05) is 39.0 Å². The maximum atomic E-state index is 4.70. The summed E-state index contributed by atoms with van der Waals surface area (Å²) in [5.41, 5.74) is 3.56. The van der Waals surface area contributed by atoms with Gasteiger partial charge in [0.05, 0.1) is 11.9 Å². The third-order valence-corrected chi connectivity index (χ3v) is 5.89. The summed E-state index contributed by atoms with van der Waals surface area (Å²) in [5.74, 6) is 0. The summed E-state index contributed by atoms with van der Waals surface area (Å²) in [6.45, 7) is 7.39. The fourth-order valence-electron chi connectivity index (χ4n) is 3.43. The van der Waals surface area contributed by atoms with Crippen molar-refractivity contribution < 1.29 is 0 Å². The van der Waals surface area contributed by atoms with Crippen LogP contribution in [0, 0.1) is 13.8 Å². The van der Waals surface area contributed by atoms with Gasteiger partial charge in [-0.3, -0.25) is 0 Å². The lowest BCUT2D eigenvalue weighted by Gasteiger charge is -2.14. The Balaban J connectivity index is 1.61. The second kappa shape index (κ2) is 7.06. The molecule has 2 heterocycles. The molecule has 0 saturated heterocycles. The first-order chi connectivity index (χ1) is 12.6. The van der Waals surface area contributed by atoms with Crippen molar-refractivity contribution >= 4 is 22.1 Å². The summed E-state index contributed by atoms with van der Waals surface area (Å²) in [6, 6.07) is 19.5. The maximum Gasteiger partial charge on any atom is 0.0727 e. The molecule has 1 N–H and O–H groups in total. The molecule has 2 aromatic heterocycles. The van der Waals surface area contributed by atoms with E-state index in [2.05, 4.69) is 85.4 Å². The predicted octanol–water partition coefficient (Wildman–Crippen LogP) is 5.55. The molecule has 4 heteroatoms. The minimum absolute atomic E-state index is 0.251. The normalized spacial score (nSPS) is 12.6. The van der Waals surface area contributed by atoms with Crippen LogP contribution in [0.1, 0.15) is 34.0 Å². The molecule has 132 valence electrons. The Bertz CT molecular complexity index is 1040. The smallest absolute Gasteiger partial charge is 0.0727 e. The maximum absolute atomic E-state index is 4.70. The van der Waals surface area contributed by atoms with Crippen LogP contribution in [0.25, 0.3) is 16.5 Å². The highest BCUT2D eigenvalue weighted by Crippen LogP contribution is 2.26. The van der Waals surface area contributed by atoms with E-state index in [0.717, 1.165) is 12.2 Å². The molecular weight excluding hydrogens is 338 g/mol. The van der Waals surface area contributed by atoms with Crippen molar-refractivity contribution in [1.29, 1.82) is 0 Å². The highest BCUT2D eigenvalue weighted by atomic mass is 32.1. The third kappa shape index (κ3) is 3.18. The summed E-state index contributed by atoms with van der Waals surface area (Å²) >= 11 is 1.85. The van der Waals surface area contributed by atoms with E-state index in [0.29, 0.717) is 0 Å². The molecule has 0 spiro atoms. The minimum atomic E-state index is 0.251. The van der Waals surface area contributed by atoms with Crippen LogP contribution in [0.2, 0.25) is 0 Å². The van der Waals surface area contributed by atoms with Gasteiger partial charge in [-0.05, 0) is 44.4 Å².